The van der Waals surface area contributed by atoms with Crippen molar-refractivity contribution in [3.8, 4) is 0 Å². The lowest BCUT2D eigenvalue weighted by Crippen LogP contribution is -2.47. The van der Waals surface area contributed by atoms with Crippen LogP contribution in [0, 0.1) is 11.3 Å². The van der Waals surface area contributed by atoms with Crippen molar-refractivity contribution in [3.05, 3.63) is 0 Å². The van der Waals surface area contributed by atoms with Crippen molar-refractivity contribution in [2.75, 3.05) is 19.8 Å². The van der Waals surface area contributed by atoms with Crippen LogP contribution in [0.25, 0.3) is 0 Å². The molecule has 0 amide bonds. The van der Waals surface area contributed by atoms with Crippen molar-refractivity contribution >= 4 is 11.9 Å². The average Bonchev–Trinajstić information content (AvgIpc) is 2.79. The van der Waals surface area contributed by atoms with E-state index in [0.29, 0.717) is 32.5 Å². The molecule has 1 rings (SSSR count). The summed E-state index contributed by atoms with van der Waals surface area (Å²) in [5, 5.41) is 9.46. The normalized spacial score (nSPS) is 23.1. The number of carboxylic acids is 1. The molecule has 1 saturated heterocycles. The van der Waals surface area contributed by atoms with E-state index in [9.17, 15) is 14.7 Å². The third kappa shape index (κ3) is 2.60. The Kier molecular flexibility index (Phi) is 4.93. The maximum atomic E-state index is 12.0. The van der Waals surface area contributed by atoms with Crippen molar-refractivity contribution in [3.63, 3.8) is 0 Å². The summed E-state index contributed by atoms with van der Waals surface area (Å²) < 4.78 is 10.2. The second-order valence-electron chi connectivity index (χ2n) is 4.31. The van der Waals surface area contributed by atoms with Gasteiger partial charge in [-0.25, -0.2) is 0 Å². The maximum Gasteiger partial charge on any atom is 0.323 e. The Hall–Kier alpha value is -1.10. The highest BCUT2D eigenvalue weighted by atomic mass is 16.5. The van der Waals surface area contributed by atoms with Gasteiger partial charge in [-0.15, -0.1) is 0 Å². The Morgan fingerprint density at radius 2 is 2.18 bits per heavy atom. The molecule has 1 heterocycles. The van der Waals surface area contributed by atoms with Gasteiger partial charge < -0.3 is 14.6 Å². The Morgan fingerprint density at radius 1 is 1.47 bits per heavy atom. The van der Waals surface area contributed by atoms with Crippen LogP contribution in [0.5, 0.6) is 0 Å². The van der Waals surface area contributed by atoms with Crippen LogP contribution in [0.4, 0.5) is 0 Å². The van der Waals surface area contributed by atoms with Crippen molar-refractivity contribution in [1.29, 1.82) is 0 Å². The zero-order chi connectivity index (χ0) is 12.9. The van der Waals surface area contributed by atoms with E-state index >= 15 is 0 Å². The minimum absolute atomic E-state index is 0.200. The quantitative estimate of drug-likeness (QED) is 0.565. The number of carbonyl (C=O) groups is 2. The lowest BCUT2D eigenvalue weighted by Gasteiger charge is -2.31. The van der Waals surface area contributed by atoms with Crippen LogP contribution < -0.4 is 0 Å². The standard InChI is InChI=1S/C12H20O5/c1-3-6-12(10(13)14,11(15)17-4-2)9-5-7-16-8-9/h9H,3-8H2,1-2H3,(H,13,14). The summed E-state index contributed by atoms with van der Waals surface area (Å²) >= 11 is 0. The highest BCUT2D eigenvalue weighted by Crippen LogP contribution is 2.39. The molecule has 0 aliphatic carbocycles. The molecule has 0 aromatic carbocycles. The van der Waals surface area contributed by atoms with Gasteiger partial charge in [-0.05, 0) is 19.8 Å². The molecule has 0 bridgehead atoms. The summed E-state index contributed by atoms with van der Waals surface area (Å²) in [6.45, 7) is 4.59. The summed E-state index contributed by atoms with van der Waals surface area (Å²) in [5.41, 5.74) is -1.43. The van der Waals surface area contributed by atoms with E-state index in [1.807, 2.05) is 6.92 Å². The van der Waals surface area contributed by atoms with Crippen LogP contribution in [0.15, 0.2) is 0 Å². The molecule has 0 aromatic rings. The van der Waals surface area contributed by atoms with Gasteiger partial charge in [-0.1, -0.05) is 13.3 Å². The van der Waals surface area contributed by atoms with Gasteiger partial charge in [0.25, 0.3) is 0 Å². The predicted molar refractivity (Wildman–Crippen MR) is 60.5 cm³/mol. The van der Waals surface area contributed by atoms with Crippen molar-refractivity contribution < 1.29 is 24.2 Å². The average molecular weight is 244 g/mol. The van der Waals surface area contributed by atoms with Gasteiger partial charge in [0, 0.05) is 12.5 Å². The molecule has 0 aromatic heterocycles. The lowest BCUT2D eigenvalue weighted by molar-refractivity contribution is -0.174. The lowest BCUT2D eigenvalue weighted by atomic mass is 9.71. The van der Waals surface area contributed by atoms with Gasteiger partial charge in [0.2, 0.25) is 0 Å². The van der Waals surface area contributed by atoms with E-state index in [-0.39, 0.29) is 12.5 Å². The van der Waals surface area contributed by atoms with Gasteiger partial charge in [-0.2, -0.15) is 0 Å². The van der Waals surface area contributed by atoms with Crippen molar-refractivity contribution in [1.82, 2.24) is 0 Å². The Morgan fingerprint density at radius 3 is 2.59 bits per heavy atom. The van der Waals surface area contributed by atoms with Crippen LogP contribution in [0.2, 0.25) is 0 Å². The molecule has 5 nitrogen and oxygen atoms in total. The van der Waals surface area contributed by atoms with Crippen LogP contribution in [-0.2, 0) is 19.1 Å². The van der Waals surface area contributed by atoms with Crippen LogP contribution in [0.3, 0.4) is 0 Å². The number of hydrogen-bond acceptors (Lipinski definition) is 4. The molecule has 1 fully saturated rings. The van der Waals surface area contributed by atoms with E-state index in [2.05, 4.69) is 0 Å². The number of carboxylic acid groups (broad SMARTS) is 1. The number of esters is 1. The first kappa shape index (κ1) is 14.0. The fourth-order valence-electron chi connectivity index (χ4n) is 2.42. The van der Waals surface area contributed by atoms with Gasteiger partial charge in [-0.3, -0.25) is 9.59 Å². The first-order chi connectivity index (χ1) is 8.09. The highest BCUT2D eigenvalue weighted by molar-refractivity contribution is 5.99. The Labute approximate surface area is 101 Å². The van der Waals surface area contributed by atoms with Gasteiger partial charge in [0.05, 0.1) is 13.2 Å². The Bertz CT molecular complexity index is 283. The molecular weight excluding hydrogens is 224 g/mol. The minimum Gasteiger partial charge on any atom is -0.480 e. The van der Waals surface area contributed by atoms with Crippen LogP contribution >= 0.6 is 0 Å². The fraction of sp³-hybridized carbons (Fsp3) is 0.833. The Balaban J connectivity index is 3.01. The number of carbonyl (C=O) groups excluding carboxylic acids is 1. The van der Waals surface area contributed by atoms with E-state index < -0.39 is 17.4 Å². The summed E-state index contributed by atoms with van der Waals surface area (Å²) in [7, 11) is 0. The van der Waals surface area contributed by atoms with Crippen molar-refractivity contribution in [2.24, 2.45) is 11.3 Å². The third-order valence-corrected chi connectivity index (χ3v) is 3.29. The first-order valence-corrected chi connectivity index (χ1v) is 6.07. The van der Waals surface area contributed by atoms with E-state index in [0.717, 1.165) is 0 Å². The van der Waals surface area contributed by atoms with E-state index in [4.69, 9.17) is 9.47 Å². The topological polar surface area (TPSA) is 72.8 Å². The third-order valence-electron chi connectivity index (χ3n) is 3.29. The fourth-order valence-corrected chi connectivity index (χ4v) is 2.42. The molecule has 2 unspecified atom stereocenters. The molecule has 1 aliphatic heterocycles. The number of hydrogen-bond donors (Lipinski definition) is 1. The predicted octanol–water partition coefficient (Wildman–Crippen LogP) is 1.46. The molecule has 0 radical (unpaired) electrons. The molecule has 98 valence electrons. The molecule has 1 aliphatic rings. The smallest absolute Gasteiger partial charge is 0.323 e. The van der Waals surface area contributed by atoms with Crippen LogP contribution in [-0.4, -0.2) is 36.9 Å². The molecule has 2 atom stereocenters. The zero-order valence-electron chi connectivity index (χ0n) is 10.4. The molecule has 17 heavy (non-hydrogen) atoms. The summed E-state index contributed by atoms with van der Waals surface area (Å²) in [6.07, 6.45) is 1.53. The van der Waals surface area contributed by atoms with Crippen molar-refractivity contribution in [2.45, 2.75) is 33.1 Å². The summed E-state index contributed by atoms with van der Waals surface area (Å²) in [4.78, 5) is 23.6. The van der Waals surface area contributed by atoms with Gasteiger partial charge in [0.15, 0.2) is 5.41 Å². The SMILES string of the molecule is CCCC(C(=O)O)(C(=O)OCC)C1CCOC1. The number of ether oxygens (including phenoxy) is 2. The molecule has 1 N–H and O–H groups in total. The monoisotopic (exact) mass is 244 g/mol. The molecule has 5 heteroatoms. The number of rotatable bonds is 6. The maximum absolute atomic E-state index is 12.0. The summed E-state index contributed by atoms with van der Waals surface area (Å²) in [5.74, 6) is -1.99. The van der Waals surface area contributed by atoms with E-state index in [1.165, 1.54) is 0 Å². The van der Waals surface area contributed by atoms with Crippen LogP contribution in [0.1, 0.15) is 33.1 Å². The second kappa shape index (κ2) is 6.00. The highest BCUT2D eigenvalue weighted by Gasteiger charge is 2.54. The molecule has 0 saturated carbocycles. The van der Waals surface area contributed by atoms with Gasteiger partial charge in [0.1, 0.15) is 0 Å². The number of aliphatic carboxylic acids is 1. The summed E-state index contributed by atoms with van der Waals surface area (Å²) in [6, 6.07) is 0. The molecule has 0 spiro atoms. The molecular formula is C12H20O5. The second-order valence-corrected chi connectivity index (χ2v) is 4.31. The zero-order valence-corrected chi connectivity index (χ0v) is 10.4. The largest absolute Gasteiger partial charge is 0.480 e. The minimum atomic E-state index is -1.43. The van der Waals surface area contributed by atoms with Gasteiger partial charge >= 0.3 is 11.9 Å². The van der Waals surface area contributed by atoms with E-state index in [1.54, 1.807) is 6.92 Å². The first-order valence-electron chi connectivity index (χ1n) is 6.07.